The molecule has 0 bridgehead atoms. The minimum atomic E-state index is -0.691. The minimum absolute atomic E-state index is 0.0752. The Morgan fingerprint density at radius 1 is 1.14 bits per heavy atom. The van der Waals surface area contributed by atoms with Gasteiger partial charge in [-0.25, -0.2) is 4.79 Å². The van der Waals surface area contributed by atoms with Gasteiger partial charge in [0.1, 0.15) is 17.1 Å². The summed E-state index contributed by atoms with van der Waals surface area (Å²) in [6.07, 6.45) is 0. The zero-order chi connectivity index (χ0) is 20.8. The van der Waals surface area contributed by atoms with Crippen LogP contribution >= 0.6 is 0 Å². The van der Waals surface area contributed by atoms with Gasteiger partial charge in [-0.15, -0.1) is 0 Å². The number of amides is 1. The summed E-state index contributed by atoms with van der Waals surface area (Å²) in [6.45, 7) is 4.06. The summed E-state index contributed by atoms with van der Waals surface area (Å²) in [4.78, 5) is 24.4. The van der Waals surface area contributed by atoms with E-state index in [1.165, 1.54) is 0 Å². The zero-order valence-corrected chi connectivity index (χ0v) is 16.6. The molecule has 1 N–H and O–H groups in total. The molecule has 0 saturated carbocycles. The van der Waals surface area contributed by atoms with Gasteiger partial charge in [0, 0.05) is 23.1 Å². The summed E-state index contributed by atoms with van der Waals surface area (Å²) < 4.78 is 21.4. The average molecular weight is 397 g/mol. The quantitative estimate of drug-likeness (QED) is 0.584. The molecule has 3 aromatic rings. The van der Waals surface area contributed by atoms with Gasteiger partial charge < -0.3 is 23.9 Å². The summed E-state index contributed by atoms with van der Waals surface area (Å²) in [6, 6.07) is 12.7. The number of hydrogen-bond donors (Lipinski definition) is 1. The summed E-state index contributed by atoms with van der Waals surface area (Å²) in [5, 5.41) is 3.47. The summed E-state index contributed by atoms with van der Waals surface area (Å²) in [7, 11) is 1.56. The first-order chi connectivity index (χ1) is 14.0. The molecular weight excluding hydrogens is 374 g/mol. The lowest BCUT2D eigenvalue weighted by molar-refractivity contribution is -0.124. The lowest BCUT2D eigenvalue weighted by Crippen LogP contribution is -2.28. The van der Waals surface area contributed by atoms with E-state index in [2.05, 4.69) is 5.32 Å². The molecule has 0 aliphatic rings. The number of furan rings is 1. The largest absolute Gasteiger partial charge is 0.496 e. The number of fused-ring (bicyclic) bond motifs is 1. The maximum atomic E-state index is 12.4. The van der Waals surface area contributed by atoms with Crippen LogP contribution in [0.15, 0.2) is 46.9 Å². The van der Waals surface area contributed by atoms with E-state index >= 15 is 0 Å². The Kier molecular flexibility index (Phi) is 6.39. The number of nitrogens with one attached hydrogen (secondary N) is 1. The van der Waals surface area contributed by atoms with Crippen molar-refractivity contribution >= 4 is 22.8 Å². The number of hydrogen-bond acceptors (Lipinski definition) is 6. The maximum Gasteiger partial charge on any atom is 0.375 e. The fraction of sp³-hybridized carbons (Fsp3) is 0.273. The number of rotatable bonds is 8. The van der Waals surface area contributed by atoms with Gasteiger partial charge in [0.15, 0.2) is 6.61 Å². The first-order valence-electron chi connectivity index (χ1n) is 9.25. The van der Waals surface area contributed by atoms with Crippen molar-refractivity contribution in [2.75, 3.05) is 20.3 Å². The predicted octanol–water partition coefficient (Wildman–Crippen LogP) is 3.62. The first kappa shape index (κ1) is 20.3. The van der Waals surface area contributed by atoms with Crippen LogP contribution in [0.4, 0.5) is 0 Å². The Balaban J connectivity index is 1.60. The van der Waals surface area contributed by atoms with E-state index in [1.807, 2.05) is 37.3 Å². The highest BCUT2D eigenvalue weighted by Gasteiger charge is 2.20. The fourth-order valence-corrected chi connectivity index (χ4v) is 2.94. The van der Waals surface area contributed by atoms with Crippen molar-refractivity contribution in [3.05, 3.63) is 59.4 Å². The third kappa shape index (κ3) is 4.68. The van der Waals surface area contributed by atoms with E-state index < -0.39 is 18.5 Å². The van der Waals surface area contributed by atoms with Crippen LogP contribution in [0.1, 0.15) is 28.6 Å². The van der Waals surface area contributed by atoms with Crippen molar-refractivity contribution in [3.63, 3.8) is 0 Å². The smallest absolute Gasteiger partial charge is 0.375 e. The molecule has 0 unspecified atom stereocenters. The van der Waals surface area contributed by atoms with Gasteiger partial charge in [-0.05, 0) is 38.1 Å². The van der Waals surface area contributed by atoms with Crippen LogP contribution < -0.4 is 14.8 Å². The molecule has 0 aliphatic carbocycles. The lowest BCUT2D eigenvalue weighted by Gasteiger charge is -2.09. The molecule has 7 nitrogen and oxygen atoms in total. The number of methoxy groups -OCH3 is 1. The Hall–Kier alpha value is -3.48. The number of ether oxygens (including phenoxy) is 3. The summed E-state index contributed by atoms with van der Waals surface area (Å²) in [5.41, 5.74) is 2.02. The van der Waals surface area contributed by atoms with Crippen molar-refractivity contribution in [1.82, 2.24) is 5.32 Å². The third-order valence-electron chi connectivity index (χ3n) is 4.41. The van der Waals surface area contributed by atoms with Crippen molar-refractivity contribution in [2.45, 2.75) is 20.4 Å². The normalized spacial score (nSPS) is 10.6. The van der Waals surface area contributed by atoms with Crippen LogP contribution in [0, 0.1) is 6.92 Å². The number of carbonyl (C=O) groups is 2. The molecule has 3 rings (SSSR count). The molecule has 0 saturated heterocycles. The lowest BCUT2D eigenvalue weighted by atomic mass is 10.1. The molecule has 1 amide bonds. The van der Waals surface area contributed by atoms with Crippen LogP contribution in [0.5, 0.6) is 11.5 Å². The second kappa shape index (κ2) is 9.14. The van der Waals surface area contributed by atoms with Crippen LogP contribution in [0.2, 0.25) is 0 Å². The van der Waals surface area contributed by atoms with Crippen LogP contribution in [-0.4, -0.2) is 32.2 Å². The molecule has 1 aromatic heterocycles. The standard InChI is InChI=1S/C22H23NO6/c1-4-27-16-9-10-19-17(11-16)14(2)21(29-19)22(25)28-13-20(24)23-12-15-7-5-6-8-18(15)26-3/h5-11H,4,12-13H2,1-3H3,(H,23,24). The van der Waals surface area contributed by atoms with Crippen LogP contribution in [0.3, 0.4) is 0 Å². The molecule has 0 fully saturated rings. The number of para-hydroxylation sites is 1. The highest BCUT2D eigenvalue weighted by molar-refractivity contribution is 5.97. The number of esters is 1. The van der Waals surface area contributed by atoms with Crippen LogP contribution in [-0.2, 0) is 16.1 Å². The number of benzene rings is 2. The van der Waals surface area contributed by atoms with Gasteiger partial charge in [0.25, 0.3) is 5.91 Å². The second-order valence-corrected chi connectivity index (χ2v) is 6.31. The molecule has 0 spiro atoms. The van der Waals surface area contributed by atoms with Gasteiger partial charge in [0.2, 0.25) is 5.76 Å². The van der Waals surface area contributed by atoms with E-state index in [0.29, 0.717) is 29.3 Å². The van der Waals surface area contributed by atoms with Crippen molar-refractivity contribution < 1.29 is 28.2 Å². The van der Waals surface area contributed by atoms with Crippen molar-refractivity contribution in [1.29, 1.82) is 0 Å². The van der Waals surface area contributed by atoms with Gasteiger partial charge in [-0.2, -0.15) is 0 Å². The Morgan fingerprint density at radius 3 is 2.69 bits per heavy atom. The van der Waals surface area contributed by atoms with E-state index in [0.717, 1.165) is 10.9 Å². The highest BCUT2D eigenvalue weighted by Crippen LogP contribution is 2.29. The molecule has 152 valence electrons. The first-order valence-corrected chi connectivity index (χ1v) is 9.25. The topological polar surface area (TPSA) is 87.0 Å². The van der Waals surface area contributed by atoms with E-state index in [-0.39, 0.29) is 12.3 Å². The Bertz CT molecular complexity index is 1020. The van der Waals surface area contributed by atoms with Crippen LogP contribution in [0.25, 0.3) is 11.0 Å². The van der Waals surface area contributed by atoms with Crippen molar-refractivity contribution in [3.8, 4) is 11.5 Å². The monoisotopic (exact) mass is 397 g/mol. The minimum Gasteiger partial charge on any atom is -0.496 e. The van der Waals surface area contributed by atoms with Gasteiger partial charge in [0.05, 0.1) is 13.7 Å². The number of carbonyl (C=O) groups excluding carboxylic acids is 2. The summed E-state index contributed by atoms with van der Waals surface area (Å²) in [5.74, 6) is 0.334. The van der Waals surface area contributed by atoms with Gasteiger partial charge in [-0.3, -0.25) is 4.79 Å². The maximum absolute atomic E-state index is 12.4. The molecule has 29 heavy (non-hydrogen) atoms. The van der Waals surface area contributed by atoms with Gasteiger partial charge in [-0.1, -0.05) is 18.2 Å². The molecular formula is C22H23NO6. The summed E-state index contributed by atoms with van der Waals surface area (Å²) >= 11 is 0. The fourth-order valence-electron chi connectivity index (χ4n) is 2.94. The van der Waals surface area contributed by atoms with Gasteiger partial charge >= 0.3 is 5.97 Å². The predicted molar refractivity (Wildman–Crippen MR) is 107 cm³/mol. The molecule has 2 aromatic carbocycles. The second-order valence-electron chi connectivity index (χ2n) is 6.31. The van der Waals surface area contributed by atoms with E-state index in [4.69, 9.17) is 18.6 Å². The third-order valence-corrected chi connectivity index (χ3v) is 4.41. The Labute approximate surface area is 168 Å². The molecule has 0 atom stereocenters. The molecule has 0 aliphatic heterocycles. The highest BCUT2D eigenvalue weighted by atomic mass is 16.5. The van der Waals surface area contributed by atoms with Crippen molar-refractivity contribution in [2.24, 2.45) is 0 Å². The van der Waals surface area contributed by atoms with E-state index in [9.17, 15) is 9.59 Å². The molecule has 0 radical (unpaired) electrons. The van der Waals surface area contributed by atoms with E-state index in [1.54, 1.807) is 26.2 Å². The molecule has 1 heterocycles. The number of aryl methyl sites for hydroxylation is 1. The Morgan fingerprint density at radius 2 is 1.93 bits per heavy atom. The zero-order valence-electron chi connectivity index (χ0n) is 16.6. The average Bonchev–Trinajstić information content (AvgIpc) is 3.07. The SMILES string of the molecule is CCOc1ccc2oc(C(=O)OCC(=O)NCc3ccccc3OC)c(C)c2c1. The molecule has 7 heteroatoms.